The van der Waals surface area contributed by atoms with E-state index in [2.05, 4.69) is 31.0 Å². The van der Waals surface area contributed by atoms with Gasteiger partial charge in [0.25, 0.3) is 0 Å². The van der Waals surface area contributed by atoms with Gasteiger partial charge in [0.05, 0.1) is 17.5 Å². The Morgan fingerprint density at radius 1 is 1.13 bits per heavy atom. The second-order valence-corrected chi connectivity index (χ2v) is 6.48. The summed E-state index contributed by atoms with van der Waals surface area (Å²) in [5.74, 6) is 0. The van der Waals surface area contributed by atoms with Crippen LogP contribution in [0.2, 0.25) is 10.3 Å². The van der Waals surface area contributed by atoms with Crippen molar-refractivity contribution in [3.05, 3.63) is 62.7 Å². The zero-order valence-corrected chi connectivity index (χ0v) is 15.0. The molecule has 1 aromatic carbocycles. The maximum atomic E-state index is 10.8. The first kappa shape index (κ1) is 16.4. The molecule has 0 aliphatic carbocycles. The van der Waals surface area contributed by atoms with Gasteiger partial charge in [0.1, 0.15) is 22.7 Å². The molecule has 23 heavy (non-hydrogen) atoms. The number of aryl methyl sites for hydroxylation is 1. The third-order valence-corrected chi connectivity index (χ3v) is 4.57. The lowest BCUT2D eigenvalue weighted by atomic mass is 10.0. The standard InChI is InChI=1S/C15H11BrCl2N4O/c1-22-12(8-2-4-9(16)5-3-8)10(6-21-22)13(23)11-14(17)19-7-20-15(11)18/h2-7,13,23H,1H3/t13-/m0/s1. The Labute approximate surface area is 151 Å². The van der Waals surface area contributed by atoms with E-state index in [0.29, 0.717) is 5.56 Å². The summed E-state index contributed by atoms with van der Waals surface area (Å²) in [4.78, 5) is 7.77. The van der Waals surface area contributed by atoms with E-state index in [1.807, 2.05) is 24.3 Å². The van der Waals surface area contributed by atoms with E-state index in [9.17, 15) is 5.11 Å². The summed E-state index contributed by atoms with van der Waals surface area (Å²) < 4.78 is 2.65. The highest BCUT2D eigenvalue weighted by molar-refractivity contribution is 9.10. The van der Waals surface area contributed by atoms with Crippen molar-refractivity contribution in [1.82, 2.24) is 19.7 Å². The molecule has 5 nitrogen and oxygen atoms in total. The zero-order chi connectivity index (χ0) is 16.6. The Kier molecular flexibility index (Phi) is 4.68. The summed E-state index contributed by atoms with van der Waals surface area (Å²) in [5.41, 5.74) is 2.52. The van der Waals surface area contributed by atoms with Gasteiger partial charge in [-0.25, -0.2) is 9.97 Å². The number of benzene rings is 1. The lowest BCUT2D eigenvalue weighted by Crippen LogP contribution is -2.05. The van der Waals surface area contributed by atoms with Gasteiger partial charge >= 0.3 is 0 Å². The number of rotatable bonds is 3. The number of nitrogens with zero attached hydrogens (tertiary/aromatic N) is 4. The monoisotopic (exact) mass is 412 g/mol. The van der Waals surface area contributed by atoms with Gasteiger partial charge in [0.2, 0.25) is 0 Å². The van der Waals surface area contributed by atoms with E-state index < -0.39 is 6.10 Å². The van der Waals surface area contributed by atoms with E-state index >= 15 is 0 Å². The quantitative estimate of drug-likeness (QED) is 0.658. The molecule has 0 saturated carbocycles. The highest BCUT2D eigenvalue weighted by atomic mass is 79.9. The first-order valence-electron chi connectivity index (χ1n) is 6.61. The Bertz CT molecular complexity index is 831. The van der Waals surface area contributed by atoms with Gasteiger partial charge in [0, 0.05) is 22.6 Å². The van der Waals surface area contributed by atoms with Gasteiger partial charge in [-0.3, -0.25) is 4.68 Å². The topological polar surface area (TPSA) is 63.8 Å². The van der Waals surface area contributed by atoms with Crippen LogP contribution in [0.4, 0.5) is 0 Å². The molecule has 1 N–H and O–H groups in total. The van der Waals surface area contributed by atoms with Crippen LogP contribution in [0, 0.1) is 0 Å². The SMILES string of the molecule is Cn1ncc([C@H](O)c2c(Cl)ncnc2Cl)c1-c1ccc(Br)cc1. The molecule has 1 atom stereocenters. The van der Waals surface area contributed by atoms with E-state index in [4.69, 9.17) is 23.2 Å². The summed E-state index contributed by atoms with van der Waals surface area (Å²) in [5, 5.41) is 15.2. The van der Waals surface area contributed by atoms with Crippen LogP contribution in [0.5, 0.6) is 0 Å². The van der Waals surface area contributed by atoms with Crippen LogP contribution < -0.4 is 0 Å². The van der Waals surface area contributed by atoms with Gasteiger partial charge in [-0.2, -0.15) is 5.10 Å². The van der Waals surface area contributed by atoms with Gasteiger partial charge < -0.3 is 5.11 Å². The van der Waals surface area contributed by atoms with Gasteiger partial charge in [0.15, 0.2) is 0 Å². The van der Waals surface area contributed by atoms with E-state index in [0.717, 1.165) is 15.7 Å². The van der Waals surface area contributed by atoms with E-state index in [1.165, 1.54) is 6.33 Å². The largest absolute Gasteiger partial charge is 0.383 e. The second-order valence-electron chi connectivity index (χ2n) is 4.85. The van der Waals surface area contributed by atoms with Crippen LogP contribution in [-0.4, -0.2) is 24.9 Å². The molecule has 3 rings (SSSR count). The Morgan fingerprint density at radius 2 is 1.74 bits per heavy atom. The molecule has 0 unspecified atom stereocenters. The summed E-state index contributed by atoms with van der Waals surface area (Å²) in [6, 6.07) is 7.71. The lowest BCUT2D eigenvalue weighted by molar-refractivity contribution is 0.220. The minimum absolute atomic E-state index is 0.114. The lowest BCUT2D eigenvalue weighted by Gasteiger charge is -2.14. The minimum atomic E-state index is -1.08. The number of aliphatic hydroxyl groups is 1. The number of aromatic nitrogens is 4. The van der Waals surface area contributed by atoms with Crippen molar-refractivity contribution in [2.45, 2.75) is 6.10 Å². The summed E-state index contributed by atoms with van der Waals surface area (Å²) in [6.45, 7) is 0. The second kappa shape index (κ2) is 6.57. The first-order valence-corrected chi connectivity index (χ1v) is 8.15. The van der Waals surface area contributed by atoms with Crippen molar-refractivity contribution in [2.24, 2.45) is 7.05 Å². The van der Waals surface area contributed by atoms with Crippen LogP contribution in [0.1, 0.15) is 17.2 Å². The molecule has 3 aromatic rings. The smallest absolute Gasteiger partial charge is 0.140 e. The molecular formula is C15H11BrCl2N4O. The normalized spacial score (nSPS) is 12.4. The number of hydrogen-bond donors (Lipinski definition) is 1. The minimum Gasteiger partial charge on any atom is -0.383 e. The maximum Gasteiger partial charge on any atom is 0.140 e. The molecule has 0 aliphatic heterocycles. The predicted octanol–water partition coefficient (Wildman–Crippen LogP) is 4.03. The van der Waals surface area contributed by atoms with E-state index in [1.54, 1.807) is 17.9 Å². The molecule has 0 spiro atoms. The average molecular weight is 414 g/mol. The molecule has 118 valence electrons. The summed E-state index contributed by atoms with van der Waals surface area (Å²) in [6.07, 6.45) is 1.75. The summed E-state index contributed by atoms with van der Waals surface area (Å²) >= 11 is 15.5. The number of halogens is 3. The third kappa shape index (κ3) is 3.12. The Hall–Kier alpha value is -1.47. The van der Waals surface area contributed by atoms with Gasteiger partial charge in [-0.15, -0.1) is 0 Å². The molecule has 0 aliphatic rings. The fourth-order valence-electron chi connectivity index (χ4n) is 2.35. The Balaban J connectivity index is 2.13. The molecule has 0 bridgehead atoms. The number of hydrogen-bond acceptors (Lipinski definition) is 4. The molecule has 8 heteroatoms. The molecule has 0 saturated heterocycles. The maximum absolute atomic E-state index is 10.8. The molecule has 2 aromatic heterocycles. The fourth-order valence-corrected chi connectivity index (χ4v) is 3.14. The highest BCUT2D eigenvalue weighted by Gasteiger charge is 2.25. The van der Waals surface area contributed by atoms with Crippen molar-refractivity contribution in [3.63, 3.8) is 0 Å². The van der Waals surface area contributed by atoms with Crippen LogP contribution in [0.15, 0.2) is 41.3 Å². The third-order valence-electron chi connectivity index (χ3n) is 3.44. The van der Waals surface area contributed by atoms with E-state index in [-0.39, 0.29) is 15.9 Å². The van der Waals surface area contributed by atoms with Crippen LogP contribution in [0.25, 0.3) is 11.3 Å². The zero-order valence-electron chi connectivity index (χ0n) is 11.9. The molecule has 0 fully saturated rings. The van der Waals surface area contributed by atoms with Gasteiger partial charge in [-0.1, -0.05) is 51.3 Å². The van der Waals surface area contributed by atoms with Crippen molar-refractivity contribution in [3.8, 4) is 11.3 Å². The number of aliphatic hydroxyl groups excluding tert-OH is 1. The molecular weight excluding hydrogens is 403 g/mol. The van der Waals surface area contributed by atoms with Crippen molar-refractivity contribution < 1.29 is 5.11 Å². The van der Waals surface area contributed by atoms with Crippen LogP contribution in [-0.2, 0) is 7.05 Å². The van der Waals surface area contributed by atoms with Gasteiger partial charge in [-0.05, 0) is 12.1 Å². The van der Waals surface area contributed by atoms with Crippen molar-refractivity contribution >= 4 is 39.1 Å². The van der Waals surface area contributed by atoms with Crippen LogP contribution >= 0.6 is 39.1 Å². The molecule has 2 heterocycles. The molecule has 0 amide bonds. The molecule has 0 radical (unpaired) electrons. The first-order chi connectivity index (χ1) is 11.0. The fraction of sp³-hybridized carbons (Fsp3) is 0.133. The average Bonchev–Trinajstić information content (AvgIpc) is 2.89. The Morgan fingerprint density at radius 3 is 2.35 bits per heavy atom. The predicted molar refractivity (Wildman–Crippen MR) is 92.5 cm³/mol. The van der Waals surface area contributed by atoms with Crippen molar-refractivity contribution in [2.75, 3.05) is 0 Å². The van der Waals surface area contributed by atoms with Crippen LogP contribution in [0.3, 0.4) is 0 Å². The highest BCUT2D eigenvalue weighted by Crippen LogP contribution is 2.36. The summed E-state index contributed by atoms with van der Waals surface area (Å²) in [7, 11) is 1.80. The van der Waals surface area contributed by atoms with Crippen molar-refractivity contribution in [1.29, 1.82) is 0 Å².